The van der Waals surface area contributed by atoms with Gasteiger partial charge in [-0.15, -0.1) is 0 Å². The van der Waals surface area contributed by atoms with Gasteiger partial charge in [0.15, 0.2) is 0 Å². The summed E-state index contributed by atoms with van der Waals surface area (Å²) in [5.74, 6) is 0. The zero-order valence-electron chi connectivity index (χ0n) is 21.6. The summed E-state index contributed by atoms with van der Waals surface area (Å²) >= 11 is 0. The Labute approximate surface area is 233 Å². The van der Waals surface area contributed by atoms with E-state index in [4.69, 9.17) is 0 Å². The topological polar surface area (TPSA) is 43.2 Å². The van der Waals surface area contributed by atoms with Crippen LogP contribution in [0.3, 0.4) is 0 Å². The van der Waals surface area contributed by atoms with Crippen LogP contribution in [0.4, 0.5) is 34.1 Å². The van der Waals surface area contributed by atoms with E-state index in [9.17, 15) is 5.26 Å². The molecule has 0 unspecified atom stereocenters. The highest BCUT2D eigenvalue weighted by Gasteiger charge is 2.29. The van der Waals surface area contributed by atoms with Crippen LogP contribution in [0.25, 0.3) is 22.3 Å². The predicted octanol–water partition coefficient (Wildman–Crippen LogP) is 9.54. The molecular formula is C36H24N4. The highest BCUT2D eigenvalue weighted by molar-refractivity contribution is 6.01. The van der Waals surface area contributed by atoms with Crippen molar-refractivity contribution in [2.75, 3.05) is 9.80 Å². The minimum atomic E-state index is 0.414. The first-order valence-electron chi connectivity index (χ1n) is 13.2. The first kappa shape index (κ1) is 23.5. The molecule has 1 aliphatic rings. The monoisotopic (exact) mass is 512 g/mol. The third-order valence-electron chi connectivity index (χ3n) is 7.25. The van der Waals surface area contributed by atoms with Crippen molar-refractivity contribution in [2.24, 2.45) is 0 Å². The van der Waals surface area contributed by atoms with Gasteiger partial charge in [0.2, 0.25) is 0 Å². The second kappa shape index (κ2) is 9.90. The number of anilines is 6. The van der Waals surface area contributed by atoms with Crippen molar-refractivity contribution in [1.82, 2.24) is 4.98 Å². The number of hydrogen-bond acceptors (Lipinski definition) is 4. The predicted molar refractivity (Wildman–Crippen MR) is 163 cm³/mol. The SMILES string of the molecule is N#Cc1cc(-c2cccc(-c3cccc(N4c5ccccc5N(c5ccccc5)c5ccccc54)c3)c2)ccn1. The van der Waals surface area contributed by atoms with Crippen LogP contribution in [0.2, 0.25) is 0 Å². The van der Waals surface area contributed by atoms with Crippen LogP contribution in [0, 0.1) is 11.3 Å². The number of hydrogen-bond donors (Lipinski definition) is 0. The van der Waals surface area contributed by atoms with Gasteiger partial charge in [0, 0.05) is 17.6 Å². The molecule has 0 aliphatic carbocycles. The van der Waals surface area contributed by atoms with Gasteiger partial charge < -0.3 is 9.80 Å². The number of fused-ring (bicyclic) bond motifs is 2. The summed E-state index contributed by atoms with van der Waals surface area (Å²) < 4.78 is 0. The Morgan fingerprint density at radius 1 is 0.450 bits per heavy atom. The molecule has 0 bridgehead atoms. The number of nitrogens with zero attached hydrogens (tertiary/aromatic N) is 4. The van der Waals surface area contributed by atoms with E-state index in [1.807, 2.05) is 12.1 Å². The molecule has 0 atom stereocenters. The van der Waals surface area contributed by atoms with E-state index in [2.05, 4.69) is 148 Å². The first-order chi connectivity index (χ1) is 19.8. The molecule has 0 saturated carbocycles. The standard InChI is InChI=1S/C36H24N4/c37-25-30-23-29(20-21-38-30)27-11-8-10-26(22-27)28-12-9-15-32(24-28)40-35-18-6-4-16-33(35)39(31-13-2-1-3-14-31)34-17-5-7-19-36(34)40/h1-24H. The van der Waals surface area contributed by atoms with E-state index in [1.54, 1.807) is 6.20 Å². The van der Waals surface area contributed by atoms with Crippen LogP contribution in [0.15, 0.2) is 146 Å². The van der Waals surface area contributed by atoms with Crippen molar-refractivity contribution in [3.63, 3.8) is 0 Å². The minimum absolute atomic E-state index is 0.414. The third kappa shape index (κ3) is 4.07. The molecule has 0 spiro atoms. The van der Waals surface area contributed by atoms with Gasteiger partial charge in [-0.2, -0.15) is 5.26 Å². The fraction of sp³-hybridized carbons (Fsp3) is 0. The number of para-hydroxylation sites is 5. The highest BCUT2D eigenvalue weighted by atomic mass is 15.3. The lowest BCUT2D eigenvalue weighted by Gasteiger charge is -2.40. The molecule has 40 heavy (non-hydrogen) atoms. The van der Waals surface area contributed by atoms with Crippen molar-refractivity contribution >= 4 is 34.1 Å². The maximum atomic E-state index is 9.30. The number of benzene rings is 5. The van der Waals surface area contributed by atoms with E-state index in [-0.39, 0.29) is 0 Å². The highest BCUT2D eigenvalue weighted by Crippen LogP contribution is 2.54. The van der Waals surface area contributed by atoms with E-state index in [0.29, 0.717) is 5.69 Å². The Morgan fingerprint density at radius 3 is 1.52 bits per heavy atom. The summed E-state index contributed by atoms with van der Waals surface area (Å²) in [6.07, 6.45) is 1.69. The van der Waals surface area contributed by atoms with Gasteiger partial charge in [-0.25, -0.2) is 4.98 Å². The van der Waals surface area contributed by atoms with Gasteiger partial charge in [-0.1, -0.05) is 72.8 Å². The molecule has 2 heterocycles. The fourth-order valence-electron chi connectivity index (χ4n) is 5.45. The van der Waals surface area contributed by atoms with E-state index in [0.717, 1.165) is 56.4 Å². The molecule has 0 radical (unpaired) electrons. The Kier molecular flexibility index (Phi) is 5.81. The molecule has 0 amide bonds. The zero-order valence-corrected chi connectivity index (χ0v) is 21.6. The van der Waals surface area contributed by atoms with Crippen molar-refractivity contribution in [3.05, 3.63) is 151 Å². The lowest BCUT2D eigenvalue weighted by atomic mass is 9.98. The second-order valence-corrected chi connectivity index (χ2v) is 9.66. The molecular weight excluding hydrogens is 488 g/mol. The molecule has 4 nitrogen and oxygen atoms in total. The van der Waals surface area contributed by atoms with Crippen LogP contribution < -0.4 is 9.80 Å². The molecule has 1 aromatic heterocycles. The van der Waals surface area contributed by atoms with Gasteiger partial charge in [0.1, 0.15) is 11.8 Å². The summed E-state index contributed by atoms with van der Waals surface area (Å²) in [5.41, 5.74) is 11.4. The zero-order chi connectivity index (χ0) is 26.9. The van der Waals surface area contributed by atoms with Crippen molar-refractivity contribution in [2.45, 2.75) is 0 Å². The summed E-state index contributed by atoms with van der Waals surface area (Å²) in [5, 5.41) is 9.30. The summed E-state index contributed by atoms with van der Waals surface area (Å²) in [4.78, 5) is 8.80. The molecule has 188 valence electrons. The van der Waals surface area contributed by atoms with E-state index < -0.39 is 0 Å². The average Bonchev–Trinajstić information content (AvgIpc) is 3.04. The second-order valence-electron chi connectivity index (χ2n) is 9.66. The van der Waals surface area contributed by atoms with Crippen molar-refractivity contribution < 1.29 is 0 Å². The van der Waals surface area contributed by atoms with Gasteiger partial charge in [-0.05, 0) is 89.0 Å². The summed E-state index contributed by atoms with van der Waals surface area (Å²) in [7, 11) is 0. The summed E-state index contributed by atoms with van der Waals surface area (Å²) in [6.45, 7) is 0. The fourth-order valence-corrected chi connectivity index (χ4v) is 5.45. The quantitative estimate of drug-likeness (QED) is 0.235. The van der Waals surface area contributed by atoms with Gasteiger partial charge in [0.25, 0.3) is 0 Å². The van der Waals surface area contributed by atoms with Crippen molar-refractivity contribution in [3.8, 4) is 28.3 Å². The Hall–Kier alpha value is -5.66. The lowest BCUT2D eigenvalue weighted by molar-refractivity contribution is 1.17. The number of rotatable bonds is 4. The number of aromatic nitrogens is 1. The lowest BCUT2D eigenvalue weighted by Crippen LogP contribution is -2.23. The normalized spacial score (nSPS) is 11.9. The molecule has 6 aromatic rings. The smallest absolute Gasteiger partial charge is 0.141 e. The number of pyridine rings is 1. The van der Waals surface area contributed by atoms with Crippen LogP contribution in [-0.4, -0.2) is 4.98 Å². The Balaban J connectivity index is 1.35. The van der Waals surface area contributed by atoms with Crippen LogP contribution >= 0.6 is 0 Å². The van der Waals surface area contributed by atoms with E-state index in [1.165, 1.54) is 0 Å². The van der Waals surface area contributed by atoms with Crippen molar-refractivity contribution in [1.29, 1.82) is 5.26 Å². The third-order valence-corrected chi connectivity index (χ3v) is 7.25. The van der Waals surface area contributed by atoms with Gasteiger partial charge in [0.05, 0.1) is 22.7 Å². The minimum Gasteiger partial charge on any atom is -0.306 e. The Morgan fingerprint density at radius 2 is 0.925 bits per heavy atom. The molecule has 7 rings (SSSR count). The average molecular weight is 513 g/mol. The molecule has 0 fully saturated rings. The van der Waals surface area contributed by atoms with E-state index >= 15 is 0 Å². The van der Waals surface area contributed by atoms with Crippen LogP contribution in [-0.2, 0) is 0 Å². The first-order valence-corrected chi connectivity index (χ1v) is 13.2. The molecule has 0 saturated heterocycles. The Bertz CT molecular complexity index is 1840. The molecule has 0 N–H and O–H groups in total. The maximum absolute atomic E-state index is 9.30. The maximum Gasteiger partial charge on any atom is 0.141 e. The summed E-state index contributed by atoms with van der Waals surface area (Å²) in [6, 6.07) is 50.7. The molecule has 4 heteroatoms. The molecule has 1 aliphatic heterocycles. The largest absolute Gasteiger partial charge is 0.306 e. The van der Waals surface area contributed by atoms with Crippen LogP contribution in [0.5, 0.6) is 0 Å². The van der Waals surface area contributed by atoms with Gasteiger partial charge in [-0.3, -0.25) is 0 Å². The van der Waals surface area contributed by atoms with Gasteiger partial charge >= 0.3 is 0 Å². The molecule has 5 aromatic carbocycles. The van der Waals surface area contributed by atoms with Crippen LogP contribution in [0.1, 0.15) is 5.69 Å². The number of nitriles is 1.